The lowest BCUT2D eigenvalue weighted by Crippen LogP contribution is -2.24. The van der Waals surface area contributed by atoms with Crippen LogP contribution in [-0.4, -0.2) is 29.3 Å². The van der Waals surface area contributed by atoms with Crippen molar-refractivity contribution >= 4 is 40.9 Å². The molecule has 0 saturated carbocycles. The third-order valence-corrected chi connectivity index (χ3v) is 3.59. The second kappa shape index (κ2) is 5.77. The van der Waals surface area contributed by atoms with E-state index < -0.39 is 0 Å². The van der Waals surface area contributed by atoms with E-state index in [9.17, 15) is 0 Å². The van der Waals surface area contributed by atoms with Crippen molar-refractivity contribution in [2.45, 2.75) is 18.7 Å². The second-order valence-electron chi connectivity index (χ2n) is 2.81. The van der Waals surface area contributed by atoms with Crippen LogP contribution in [0.1, 0.15) is 13.8 Å². The van der Waals surface area contributed by atoms with Crippen molar-refractivity contribution in [2.24, 2.45) is 0 Å². The summed E-state index contributed by atoms with van der Waals surface area (Å²) < 4.78 is 0. The van der Waals surface area contributed by atoms with Crippen molar-refractivity contribution in [3.05, 3.63) is 10.3 Å². The Hall–Kier alpha value is -0.190. The first-order valence-electron chi connectivity index (χ1n) is 4.66. The summed E-state index contributed by atoms with van der Waals surface area (Å²) in [5.41, 5.74) is 0. The molecule has 0 aromatic carbocycles. The van der Waals surface area contributed by atoms with E-state index in [-0.39, 0.29) is 0 Å². The molecule has 6 heteroatoms. The summed E-state index contributed by atoms with van der Waals surface area (Å²) in [7, 11) is 0. The first-order chi connectivity index (χ1) is 7.13. The van der Waals surface area contributed by atoms with Gasteiger partial charge < -0.3 is 4.90 Å². The molecule has 1 heterocycles. The van der Waals surface area contributed by atoms with Crippen molar-refractivity contribution < 1.29 is 0 Å². The van der Waals surface area contributed by atoms with Gasteiger partial charge >= 0.3 is 0 Å². The number of hydrogen-bond donors (Lipinski definition) is 0. The molecule has 0 unspecified atom stereocenters. The third-order valence-electron chi connectivity index (χ3n) is 2.02. The number of anilines is 1. The maximum atomic E-state index is 6.01. The summed E-state index contributed by atoms with van der Waals surface area (Å²) in [5.74, 6) is 0.591. The highest BCUT2D eigenvalue weighted by Gasteiger charge is 2.13. The van der Waals surface area contributed by atoms with Gasteiger partial charge in [-0.3, -0.25) is 0 Å². The van der Waals surface area contributed by atoms with Crippen LogP contribution < -0.4 is 4.90 Å². The molecule has 1 rings (SSSR count). The summed E-state index contributed by atoms with van der Waals surface area (Å²) in [4.78, 5) is 11.2. The Balaban J connectivity index is 3.12. The van der Waals surface area contributed by atoms with Gasteiger partial charge in [0.15, 0.2) is 0 Å². The van der Waals surface area contributed by atoms with E-state index >= 15 is 0 Å². The van der Waals surface area contributed by atoms with Gasteiger partial charge in [-0.15, -0.1) is 11.8 Å². The Morgan fingerprint density at radius 1 is 1.13 bits per heavy atom. The van der Waals surface area contributed by atoms with Crippen molar-refractivity contribution in [1.29, 1.82) is 0 Å². The molecular weight excluding hydrogens is 253 g/mol. The molecule has 0 bridgehead atoms. The summed E-state index contributed by atoms with van der Waals surface area (Å²) in [6.07, 6.45) is 1.90. The highest BCUT2D eigenvalue weighted by atomic mass is 35.5. The van der Waals surface area contributed by atoms with Gasteiger partial charge in [-0.05, 0) is 20.1 Å². The van der Waals surface area contributed by atoms with Crippen LogP contribution in [0.15, 0.2) is 4.90 Å². The molecule has 0 aliphatic carbocycles. The van der Waals surface area contributed by atoms with Crippen LogP contribution in [0, 0.1) is 0 Å². The number of nitrogens with zero attached hydrogens (tertiary/aromatic N) is 3. The molecule has 0 N–H and O–H groups in total. The fraction of sp³-hybridized carbons (Fsp3) is 0.556. The Bertz CT molecular complexity index is 319. The Kier molecular flexibility index (Phi) is 4.96. The molecule has 1 aromatic heterocycles. The highest BCUT2D eigenvalue weighted by molar-refractivity contribution is 7.98. The molecule has 0 spiro atoms. The molecule has 0 amide bonds. The molecule has 1 aromatic rings. The predicted molar refractivity (Wildman–Crippen MR) is 67.4 cm³/mol. The van der Waals surface area contributed by atoms with Gasteiger partial charge in [0.25, 0.3) is 0 Å². The zero-order chi connectivity index (χ0) is 11.4. The van der Waals surface area contributed by atoms with Gasteiger partial charge in [0.1, 0.15) is 10.3 Å². The lowest BCUT2D eigenvalue weighted by molar-refractivity contribution is 0.816. The normalized spacial score (nSPS) is 10.5. The van der Waals surface area contributed by atoms with Crippen molar-refractivity contribution in [1.82, 2.24) is 9.97 Å². The minimum Gasteiger partial charge on any atom is -0.341 e. The van der Waals surface area contributed by atoms with Gasteiger partial charge in [0.05, 0.1) is 4.90 Å². The predicted octanol–water partition coefficient (Wildman–Crippen LogP) is 3.35. The van der Waals surface area contributed by atoms with Crippen LogP contribution >= 0.6 is 35.0 Å². The van der Waals surface area contributed by atoms with E-state index in [0.29, 0.717) is 16.3 Å². The summed E-state index contributed by atoms with van der Waals surface area (Å²) in [6, 6.07) is 0. The van der Waals surface area contributed by atoms with Gasteiger partial charge in [0, 0.05) is 13.1 Å². The average Bonchev–Trinajstić information content (AvgIpc) is 2.19. The van der Waals surface area contributed by atoms with Crippen LogP contribution in [-0.2, 0) is 0 Å². The van der Waals surface area contributed by atoms with Crippen molar-refractivity contribution in [3.8, 4) is 0 Å². The van der Waals surface area contributed by atoms with E-state index in [2.05, 4.69) is 9.97 Å². The molecule has 0 aliphatic rings. The fourth-order valence-corrected chi connectivity index (χ4v) is 2.47. The van der Waals surface area contributed by atoms with E-state index in [1.54, 1.807) is 0 Å². The van der Waals surface area contributed by atoms with Crippen LogP contribution in [0.4, 0.5) is 5.95 Å². The standard InChI is InChI=1S/C9H13Cl2N3S/c1-4-14(5-2)9-12-7(10)6(15-3)8(11)13-9/h4-5H2,1-3H3. The number of aromatic nitrogens is 2. The number of rotatable bonds is 4. The Labute approximate surface area is 104 Å². The molecule has 3 nitrogen and oxygen atoms in total. The van der Waals surface area contributed by atoms with Gasteiger partial charge in [-0.1, -0.05) is 23.2 Å². The lowest BCUT2D eigenvalue weighted by atomic mass is 10.5. The third kappa shape index (κ3) is 2.89. The zero-order valence-corrected chi connectivity index (χ0v) is 11.2. The monoisotopic (exact) mass is 265 g/mol. The Morgan fingerprint density at radius 2 is 1.60 bits per heavy atom. The maximum Gasteiger partial charge on any atom is 0.228 e. The molecule has 15 heavy (non-hydrogen) atoms. The highest BCUT2D eigenvalue weighted by Crippen LogP contribution is 2.31. The minimum absolute atomic E-state index is 0.421. The minimum atomic E-state index is 0.421. The molecule has 0 atom stereocenters. The topological polar surface area (TPSA) is 29.0 Å². The van der Waals surface area contributed by atoms with E-state index in [4.69, 9.17) is 23.2 Å². The number of thioether (sulfide) groups is 1. The fourth-order valence-electron chi connectivity index (χ4n) is 1.20. The van der Waals surface area contributed by atoms with Crippen molar-refractivity contribution in [3.63, 3.8) is 0 Å². The average molecular weight is 266 g/mol. The van der Waals surface area contributed by atoms with Gasteiger partial charge in [-0.2, -0.15) is 9.97 Å². The van der Waals surface area contributed by atoms with Gasteiger partial charge in [-0.25, -0.2) is 0 Å². The summed E-state index contributed by atoms with van der Waals surface area (Å²) >= 11 is 13.5. The lowest BCUT2D eigenvalue weighted by Gasteiger charge is -2.19. The smallest absolute Gasteiger partial charge is 0.228 e. The summed E-state index contributed by atoms with van der Waals surface area (Å²) in [5, 5.41) is 0.841. The van der Waals surface area contributed by atoms with Gasteiger partial charge in [0.2, 0.25) is 5.95 Å². The number of halogens is 2. The molecule has 0 saturated heterocycles. The zero-order valence-electron chi connectivity index (χ0n) is 8.92. The molecule has 0 fully saturated rings. The van der Waals surface area contributed by atoms with E-state index in [1.807, 2.05) is 25.0 Å². The first-order valence-corrected chi connectivity index (χ1v) is 6.64. The maximum absolute atomic E-state index is 6.01. The molecular formula is C9H13Cl2N3S. The molecule has 84 valence electrons. The van der Waals surface area contributed by atoms with Crippen LogP contribution in [0.5, 0.6) is 0 Å². The van der Waals surface area contributed by atoms with E-state index in [0.717, 1.165) is 18.0 Å². The summed E-state index contributed by atoms with van der Waals surface area (Å²) in [6.45, 7) is 5.75. The van der Waals surface area contributed by atoms with Crippen molar-refractivity contribution in [2.75, 3.05) is 24.2 Å². The number of hydrogen-bond acceptors (Lipinski definition) is 4. The molecule has 0 aliphatic heterocycles. The second-order valence-corrected chi connectivity index (χ2v) is 4.34. The van der Waals surface area contributed by atoms with Crippen LogP contribution in [0.2, 0.25) is 10.3 Å². The van der Waals surface area contributed by atoms with Crippen LogP contribution in [0.3, 0.4) is 0 Å². The SMILES string of the molecule is CCN(CC)c1nc(Cl)c(SC)c(Cl)n1. The first kappa shape index (κ1) is 12.9. The molecule has 0 radical (unpaired) electrons. The largest absolute Gasteiger partial charge is 0.341 e. The Morgan fingerprint density at radius 3 is 1.93 bits per heavy atom. The van der Waals surface area contributed by atoms with Crippen LogP contribution in [0.25, 0.3) is 0 Å². The quantitative estimate of drug-likeness (QED) is 0.617. The van der Waals surface area contributed by atoms with E-state index in [1.165, 1.54) is 11.8 Å².